The largest absolute Gasteiger partial charge is 0.308 e. The highest BCUT2D eigenvalue weighted by atomic mass is 32.1. The molecule has 1 heterocycles. The van der Waals surface area contributed by atoms with Gasteiger partial charge in [0.05, 0.1) is 12.2 Å². The van der Waals surface area contributed by atoms with Gasteiger partial charge in [0.15, 0.2) is 5.13 Å². The van der Waals surface area contributed by atoms with Gasteiger partial charge in [-0.3, -0.25) is 4.79 Å². The standard InChI is InChI=1S/C12H19N3OS/c1-3-10-8(2)17-12(14-10)15-11(16)7-13-6-9-4-5-9/h9,13H,3-7H2,1-2H3,(H,14,15,16). The summed E-state index contributed by atoms with van der Waals surface area (Å²) in [5.41, 5.74) is 1.08. The maximum atomic E-state index is 11.6. The number of carbonyl (C=O) groups excluding carboxylic acids is 1. The first-order valence-electron chi connectivity index (χ1n) is 6.16. The molecular weight excluding hydrogens is 234 g/mol. The summed E-state index contributed by atoms with van der Waals surface area (Å²) in [5, 5.41) is 6.73. The van der Waals surface area contributed by atoms with Crippen molar-refractivity contribution in [2.24, 2.45) is 5.92 Å². The van der Waals surface area contributed by atoms with E-state index in [0.717, 1.165) is 29.7 Å². The summed E-state index contributed by atoms with van der Waals surface area (Å²) >= 11 is 1.55. The number of amides is 1. The first-order chi connectivity index (χ1) is 8.19. The van der Waals surface area contributed by atoms with Crippen LogP contribution in [0, 0.1) is 12.8 Å². The number of anilines is 1. The van der Waals surface area contributed by atoms with E-state index < -0.39 is 0 Å². The van der Waals surface area contributed by atoms with Crippen LogP contribution in [0.25, 0.3) is 0 Å². The van der Waals surface area contributed by atoms with Crippen molar-refractivity contribution in [1.82, 2.24) is 10.3 Å². The van der Waals surface area contributed by atoms with Gasteiger partial charge in [0.2, 0.25) is 5.91 Å². The van der Waals surface area contributed by atoms with Crippen molar-refractivity contribution < 1.29 is 4.79 Å². The average molecular weight is 253 g/mol. The lowest BCUT2D eigenvalue weighted by molar-refractivity contribution is -0.115. The highest BCUT2D eigenvalue weighted by Crippen LogP contribution is 2.27. The fraction of sp³-hybridized carbons (Fsp3) is 0.667. The number of nitrogens with one attached hydrogen (secondary N) is 2. The lowest BCUT2D eigenvalue weighted by atomic mass is 10.3. The van der Waals surface area contributed by atoms with Gasteiger partial charge >= 0.3 is 0 Å². The van der Waals surface area contributed by atoms with Crippen LogP contribution in [0.4, 0.5) is 5.13 Å². The Kier molecular flexibility index (Phi) is 4.12. The van der Waals surface area contributed by atoms with Crippen molar-refractivity contribution in [3.63, 3.8) is 0 Å². The molecule has 0 aromatic carbocycles. The molecule has 0 saturated heterocycles. The topological polar surface area (TPSA) is 54.0 Å². The minimum atomic E-state index is 0.00190. The van der Waals surface area contributed by atoms with Crippen LogP contribution in [-0.4, -0.2) is 24.0 Å². The van der Waals surface area contributed by atoms with E-state index in [2.05, 4.69) is 22.5 Å². The second kappa shape index (κ2) is 5.60. The SMILES string of the molecule is CCc1nc(NC(=O)CNCC2CC2)sc1C. The van der Waals surface area contributed by atoms with Gasteiger partial charge in [0.1, 0.15) is 0 Å². The highest BCUT2D eigenvalue weighted by molar-refractivity contribution is 7.15. The Labute approximate surface area is 106 Å². The minimum Gasteiger partial charge on any atom is -0.308 e. The van der Waals surface area contributed by atoms with Crippen LogP contribution >= 0.6 is 11.3 Å². The second-order valence-electron chi connectivity index (χ2n) is 4.50. The third kappa shape index (κ3) is 3.78. The molecule has 1 aliphatic carbocycles. The molecule has 0 bridgehead atoms. The Balaban J connectivity index is 1.75. The van der Waals surface area contributed by atoms with Gasteiger partial charge in [0.25, 0.3) is 0 Å². The summed E-state index contributed by atoms with van der Waals surface area (Å²) in [6.45, 7) is 5.46. The summed E-state index contributed by atoms with van der Waals surface area (Å²) in [6.07, 6.45) is 3.53. The van der Waals surface area contributed by atoms with E-state index in [4.69, 9.17) is 0 Å². The summed E-state index contributed by atoms with van der Waals surface area (Å²) in [4.78, 5) is 17.2. The van der Waals surface area contributed by atoms with Crippen LogP contribution in [-0.2, 0) is 11.2 Å². The van der Waals surface area contributed by atoms with E-state index in [1.807, 2.05) is 6.92 Å². The third-order valence-electron chi connectivity index (χ3n) is 2.89. The van der Waals surface area contributed by atoms with Gasteiger partial charge in [0, 0.05) is 4.88 Å². The molecule has 94 valence electrons. The van der Waals surface area contributed by atoms with Gasteiger partial charge in [-0.05, 0) is 38.6 Å². The Morgan fingerprint density at radius 2 is 2.29 bits per heavy atom. The molecule has 1 aliphatic rings. The molecule has 0 unspecified atom stereocenters. The molecule has 0 radical (unpaired) electrons. The van der Waals surface area contributed by atoms with Crippen molar-refractivity contribution in [3.05, 3.63) is 10.6 Å². The maximum absolute atomic E-state index is 11.6. The zero-order chi connectivity index (χ0) is 12.3. The van der Waals surface area contributed by atoms with Crippen LogP contribution in [0.2, 0.25) is 0 Å². The number of carbonyl (C=O) groups is 1. The van der Waals surface area contributed by atoms with Crippen LogP contribution in [0.15, 0.2) is 0 Å². The molecule has 1 aromatic rings. The lowest BCUT2D eigenvalue weighted by Crippen LogP contribution is -2.29. The van der Waals surface area contributed by atoms with Gasteiger partial charge < -0.3 is 10.6 Å². The maximum Gasteiger partial charge on any atom is 0.240 e. The highest BCUT2D eigenvalue weighted by Gasteiger charge is 2.20. The molecule has 2 N–H and O–H groups in total. The van der Waals surface area contributed by atoms with E-state index >= 15 is 0 Å². The number of rotatable bonds is 6. The molecule has 1 fully saturated rings. The molecule has 17 heavy (non-hydrogen) atoms. The molecule has 0 spiro atoms. The average Bonchev–Trinajstić information content (AvgIpc) is 3.03. The number of hydrogen-bond donors (Lipinski definition) is 2. The fourth-order valence-corrected chi connectivity index (χ4v) is 2.60. The zero-order valence-corrected chi connectivity index (χ0v) is 11.2. The molecule has 0 atom stereocenters. The molecule has 1 aromatic heterocycles. The number of thiazole rings is 1. The molecule has 5 heteroatoms. The monoisotopic (exact) mass is 253 g/mol. The number of aryl methyl sites for hydroxylation is 2. The summed E-state index contributed by atoms with van der Waals surface area (Å²) in [6, 6.07) is 0. The molecule has 1 saturated carbocycles. The smallest absolute Gasteiger partial charge is 0.240 e. The van der Waals surface area contributed by atoms with Crippen molar-refractivity contribution in [2.75, 3.05) is 18.4 Å². The van der Waals surface area contributed by atoms with E-state index in [1.54, 1.807) is 11.3 Å². The van der Waals surface area contributed by atoms with E-state index in [9.17, 15) is 4.79 Å². The van der Waals surface area contributed by atoms with Crippen LogP contribution in [0.1, 0.15) is 30.3 Å². The number of hydrogen-bond acceptors (Lipinski definition) is 4. The first-order valence-corrected chi connectivity index (χ1v) is 6.97. The summed E-state index contributed by atoms with van der Waals surface area (Å²) in [7, 11) is 0. The van der Waals surface area contributed by atoms with Crippen LogP contribution < -0.4 is 10.6 Å². The molecule has 2 rings (SSSR count). The normalized spacial score (nSPS) is 14.9. The van der Waals surface area contributed by atoms with Gasteiger partial charge in [-0.2, -0.15) is 0 Å². The predicted octanol–water partition coefficient (Wildman–Crippen LogP) is 1.95. The van der Waals surface area contributed by atoms with Crippen LogP contribution in [0.5, 0.6) is 0 Å². The van der Waals surface area contributed by atoms with Crippen LogP contribution in [0.3, 0.4) is 0 Å². The third-order valence-corrected chi connectivity index (χ3v) is 3.82. The Bertz CT molecular complexity index is 398. The van der Waals surface area contributed by atoms with E-state index in [-0.39, 0.29) is 5.91 Å². The number of aromatic nitrogens is 1. The molecule has 4 nitrogen and oxygen atoms in total. The van der Waals surface area contributed by atoms with Gasteiger partial charge in [-0.25, -0.2) is 4.98 Å². The second-order valence-corrected chi connectivity index (χ2v) is 5.70. The van der Waals surface area contributed by atoms with Crippen molar-refractivity contribution in [1.29, 1.82) is 0 Å². The summed E-state index contributed by atoms with van der Waals surface area (Å²) < 4.78 is 0. The lowest BCUT2D eigenvalue weighted by Gasteiger charge is -2.03. The Morgan fingerprint density at radius 3 is 2.88 bits per heavy atom. The van der Waals surface area contributed by atoms with Gasteiger partial charge in [-0.15, -0.1) is 11.3 Å². The quantitative estimate of drug-likeness (QED) is 0.815. The Morgan fingerprint density at radius 1 is 1.53 bits per heavy atom. The summed E-state index contributed by atoms with van der Waals surface area (Å²) in [5.74, 6) is 0.804. The molecule has 1 amide bonds. The minimum absolute atomic E-state index is 0.00190. The van der Waals surface area contributed by atoms with Crippen molar-refractivity contribution in [3.8, 4) is 0 Å². The number of nitrogens with zero attached hydrogens (tertiary/aromatic N) is 1. The Hall–Kier alpha value is -0.940. The van der Waals surface area contributed by atoms with E-state index in [1.165, 1.54) is 17.7 Å². The predicted molar refractivity (Wildman–Crippen MR) is 70.5 cm³/mol. The first kappa shape index (κ1) is 12.5. The van der Waals surface area contributed by atoms with Crippen molar-refractivity contribution in [2.45, 2.75) is 33.1 Å². The fourth-order valence-electron chi connectivity index (χ4n) is 1.68. The van der Waals surface area contributed by atoms with Crippen molar-refractivity contribution >= 4 is 22.4 Å². The van der Waals surface area contributed by atoms with E-state index in [0.29, 0.717) is 6.54 Å². The molecule has 0 aliphatic heterocycles. The van der Waals surface area contributed by atoms with Gasteiger partial charge in [-0.1, -0.05) is 6.92 Å². The zero-order valence-electron chi connectivity index (χ0n) is 10.4. The molecular formula is C12H19N3OS.